The molecule has 2 aromatic rings. The van der Waals surface area contributed by atoms with Gasteiger partial charge in [-0.25, -0.2) is 9.59 Å². The molecule has 0 atom stereocenters. The molecule has 26 heavy (non-hydrogen) atoms. The topological polar surface area (TPSA) is 68.5 Å². The van der Waals surface area contributed by atoms with Crippen LogP contribution in [0.15, 0.2) is 45.1 Å². The van der Waals surface area contributed by atoms with E-state index in [1.54, 1.807) is 18.2 Å². The predicted octanol–water partition coefficient (Wildman–Crippen LogP) is 4.72. The average Bonchev–Trinajstić information content (AvgIpc) is 2.61. The van der Waals surface area contributed by atoms with Crippen LogP contribution in [0.25, 0.3) is 11.0 Å². The first-order valence-electron chi connectivity index (χ1n) is 9.20. The lowest BCUT2D eigenvalue weighted by Crippen LogP contribution is -2.38. The van der Waals surface area contributed by atoms with E-state index in [2.05, 4.69) is 5.32 Å². The molecule has 0 spiro atoms. The Morgan fingerprint density at radius 2 is 1.92 bits per heavy atom. The standard InChI is InChI=1S/C21H25NO4/c1-14(2)8-11-17-18(12-9-15-10-13-19(23)26-20(15)17)25-21(24)22-16-6-4-3-5-7-16/h8-10,12-13,16H,3-7,11H2,1-2H3,(H,22,24). The number of hydrogen-bond donors (Lipinski definition) is 1. The molecule has 1 aromatic heterocycles. The molecule has 0 unspecified atom stereocenters. The Hall–Kier alpha value is -2.56. The fourth-order valence-corrected chi connectivity index (χ4v) is 3.31. The summed E-state index contributed by atoms with van der Waals surface area (Å²) in [7, 11) is 0. The summed E-state index contributed by atoms with van der Waals surface area (Å²) in [6, 6.07) is 6.85. The van der Waals surface area contributed by atoms with E-state index in [0.717, 1.165) is 36.6 Å². The normalized spacial score (nSPS) is 14.8. The van der Waals surface area contributed by atoms with E-state index in [-0.39, 0.29) is 6.04 Å². The van der Waals surface area contributed by atoms with Gasteiger partial charge in [-0.15, -0.1) is 0 Å². The quantitative estimate of drug-likeness (QED) is 0.636. The van der Waals surface area contributed by atoms with E-state index in [4.69, 9.17) is 9.15 Å². The fraction of sp³-hybridized carbons (Fsp3) is 0.429. The molecule has 0 radical (unpaired) electrons. The highest BCUT2D eigenvalue weighted by Gasteiger charge is 2.19. The van der Waals surface area contributed by atoms with E-state index in [9.17, 15) is 9.59 Å². The van der Waals surface area contributed by atoms with Gasteiger partial charge < -0.3 is 14.5 Å². The summed E-state index contributed by atoms with van der Waals surface area (Å²) >= 11 is 0. The van der Waals surface area contributed by atoms with Gasteiger partial charge >= 0.3 is 11.7 Å². The minimum Gasteiger partial charge on any atom is -0.422 e. The smallest absolute Gasteiger partial charge is 0.412 e. The van der Waals surface area contributed by atoms with Crippen molar-refractivity contribution in [2.45, 2.75) is 58.4 Å². The SMILES string of the molecule is CC(C)=CCc1c(OC(=O)NC2CCCCC2)ccc2ccc(=O)oc12. The molecule has 5 heteroatoms. The highest BCUT2D eigenvalue weighted by Crippen LogP contribution is 2.29. The summed E-state index contributed by atoms with van der Waals surface area (Å²) in [5.41, 5.74) is 1.90. The van der Waals surface area contributed by atoms with E-state index < -0.39 is 11.7 Å². The van der Waals surface area contributed by atoms with Crippen molar-refractivity contribution in [3.63, 3.8) is 0 Å². The molecule has 1 N–H and O–H groups in total. The lowest BCUT2D eigenvalue weighted by atomic mass is 9.96. The third-order valence-electron chi connectivity index (χ3n) is 4.69. The van der Waals surface area contributed by atoms with Gasteiger partial charge in [0, 0.05) is 23.1 Å². The monoisotopic (exact) mass is 355 g/mol. The van der Waals surface area contributed by atoms with Gasteiger partial charge in [-0.3, -0.25) is 0 Å². The second-order valence-corrected chi connectivity index (χ2v) is 7.07. The Morgan fingerprint density at radius 1 is 1.19 bits per heavy atom. The fourth-order valence-electron chi connectivity index (χ4n) is 3.31. The van der Waals surface area contributed by atoms with Gasteiger partial charge in [0.05, 0.1) is 0 Å². The summed E-state index contributed by atoms with van der Waals surface area (Å²) in [4.78, 5) is 24.0. The zero-order valence-electron chi connectivity index (χ0n) is 15.3. The van der Waals surface area contributed by atoms with E-state index in [1.807, 2.05) is 19.9 Å². The summed E-state index contributed by atoms with van der Waals surface area (Å²) < 4.78 is 11.0. The summed E-state index contributed by atoms with van der Waals surface area (Å²) in [6.07, 6.45) is 7.58. The molecule has 1 aliphatic rings. The van der Waals surface area contributed by atoms with Crippen LogP contribution in [-0.4, -0.2) is 12.1 Å². The van der Waals surface area contributed by atoms with Gasteiger partial charge in [0.2, 0.25) is 0 Å². The van der Waals surface area contributed by atoms with Gasteiger partial charge in [0.1, 0.15) is 11.3 Å². The summed E-state index contributed by atoms with van der Waals surface area (Å²) in [5.74, 6) is 0.428. The number of fused-ring (bicyclic) bond motifs is 1. The van der Waals surface area contributed by atoms with E-state index in [0.29, 0.717) is 23.3 Å². The number of carbonyl (C=O) groups excluding carboxylic acids is 1. The van der Waals surface area contributed by atoms with Crippen molar-refractivity contribution < 1.29 is 13.9 Å². The Labute approximate surface area is 153 Å². The number of ether oxygens (including phenoxy) is 1. The molecular formula is C21H25NO4. The number of allylic oxidation sites excluding steroid dienone is 2. The van der Waals surface area contributed by atoms with Crippen LogP contribution in [-0.2, 0) is 6.42 Å². The first kappa shape index (κ1) is 18.2. The molecule has 1 aromatic carbocycles. The van der Waals surface area contributed by atoms with Crippen molar-refractivity contribution in [3.8, 4) is 5.75 Å². The second-order valence-electron chi connectivity index (χ2n) is 7.07. The van der Waals surface area contributed by atoms with Gasteiger partial charge in [-0.2, -0.15) is 0 Å². The molecule has 1 amide bonds. The van der Waals surface area contributed by atoms with Gasteiger partial charge in [0.25, 0.3) is 0 Å². The molecule has 138 valence electrons. The second kappa shape index (κ2) is 8.21. The molecule has 1 heterocycles. The number of hydrogen-bond acceptors (Lipinski definition) is 4. The lowest BCUT2D eigenvalue weighted by molar-refractivity contribution is 0.191. The van der Waals surface area contributed by atoms with Crippen LogP contribution in [0.1, 0.15) is 51.5 Å². The van der Waals surface area contributed by atoms with Crippen molar-refractivity contribution in [2.24, 2.45) is 0 Å². The number of carbonyl (C=O) groups is 1. The highest BCUT2D eigenvalue weighted by atomic mass is 16.6. The van der Waals surface area contributed by atoms with Crippen LogP contribution < -0.4 is 15.7 Å². The molecule has 0 aliphatic heterocycles. The number of benzene rings is 1. The van der Waals surface area contributed by atoms with Crippen LogP contribution in [0.3, 0.4) is 0 Å². The average molecular weight is 355 g/mol. The minimum atomic E-state index is -0.451. The molecule has 0 bridgehead atoms. The number of rotatable bonds is 4. The maximum absolute atomic E-state index is 12.3. The van der Waals surface area contributed by atoms with Crippen molar-refractivity contribution in [1.82, 2.24) is 5.32 Å². The molecule has 1 fully saturated rings. The first-order chi connectivity index (χ1) is 12.5. The van der Waals surface area contributed by atoms with Crippen molar-refractivity contribution in [1.29, 1.82) is 0 Å². The van der Waals surface area contributed by atoms with Gasteiger partial charge in [0.15, 0.2) is 0 Å². The van der Waals surface area contributed by atoms with Crippen molar-refractivity contribution in [2.75, 3.05) is 0 Å². The van der Waals surface area contributed by atoms with E-state index in [1.165, 1.54) is 12.5 Å². The van der Waals surface area contributed by atoms with Gasteiger partial charge in [-0.1, -0.05) is 30.9 Å². The minimum absolute atomic E-state index is 0.177. The first-order valence-corrected chi connectivity index (χ1v) is 9.20. The summed E-state index contributed by atoms with van der Waals surface area (Å²) in [5, 5.41) is 3.76. The Morgan fingerprint density at radius 3 is 2.65 bits per heavy atom. The van der Waals surface area contributed by atoms with Gasteiger partial charge in [-0.05, 0) is 51.3 Å². The maximum atomic E-state index is 12.3. The lowest BCUT2D eigenvalue weighted by Gasteiger charge is -2.22. The number of nitrogens with one attached hydrogen (secondary N) is 1. The third-order valence-corrected chi connectivity index (χ3v) is 4.69. The Bertz CT molecular complexity index is 871. The van der Waals surface area contributed by atoms with Crippen LogP contribution in [0.2, 0.25) is 0 Å². The van der Waals surface area contributed by atoms with Crippen LogP contribution in [0.5, 0.6) is 5.75 Å². The van der Waals surface area contributed by atoms with Crippen LogP contribution >= 0.6 is 0 Å². The van der Waals surface area contributed by atoms with Crippen LogP contribution in [0.4, 0.5) is 4.79 Å². The zero-order valence-corrected chi connectivity index (χ0v) is 15.3. The van der Waals surface area contributed by atoms with Crippen molar-refractivity contribution >= 4 is 17.1 Å². The largest absolute Gasteiger partial charge is 0.422 e. The molecule has 0 saturated heterocycles. The molecule has 1 aliphatic carbocycles. The van der Waals surface area contributed by atoms with Crippen molar-refractivity contribution in [3.05, 3.63) is 51.9 Å². The Kier molecular flexibility index (Phi) is 5.76. The molecule has 3 rings (SSSR count). The number of amides is 1. The van der Waals surface area contributed by atoms with E-state index >= 15 is 0 Å². The predicted molar refractivity (Wildman–Crippen MR) is 102 cm³/mol. The molecule has 1 saturated carbocycles. The third kappa shape index (κ3) is 4.54. The zero-order chi connectivity index (χ0) is 18.5. The molecule has 5 nitrogen and oxygen atoms in total. The maximum Gasteiger partial charge on any atom is 0.412 e. The molecular weight excluding hydrogens is 330 g/mol. The summed E-state index contributed by atoms with van der Waals surface area (Å²) in [6.45, 7) is 4.00. The van der Waals surface area contributed by atoms with Crippen LogP contribution in [0, 0.1) is 0 Å². The Balaban J connectivity index is 1.88. The highest BCUT2D eigenvalue weighted by molar-refractivity contribution is 5.83.